The van der Waals surface area contributed by atoms with E-state index in [0.29, 0.717) is 17.3 Å². The molecule has 0 fully saturated rings. The molecule has 0 spiro atoms. The van der Waals surface area contributed by atoms with E-state index in [2.05, 4.69) is 30.7 Å². The number of nitrogens with zero attached hydrogens (tertiary/aromatic N) is 5. The van der Waals surface area contributed by atoms with Gasteiger partial charge in [0.05, 0.1) is 11.8 Å². The molecule has 0 saturated heterocycles. The van der Waals surface area contributed by atoms with E-state index in [1.807, 2.05) is 31.2 Å². The molecule has 10 heteroatoms. The molecule has 0 atom stereocenters. The summed E-state index contributed by atoms with van der Waals surface area (Å²) in [5.74, 6) is 0.560. The van der Waals surface area contributed by atoms with Crippen LogP contribution in [0.2, 0.25) is 0 Å². The first-order valence-electron chi connectivity index (χ1n) is 10.4. The number of aliphatic hydroxyl groups is 1. The molecule has 3 aromatic heterocycles. The molecular formula is C23H25N7O3. The Labute approximate surface area is 190 Å². The van der Waals surface area contributed by atoms with E-state index in [-0.39, 0.29) is 12.4 Å². The Hall–Kier alpha value is -4.05. The van der Waals surface area contributed by atoms with E-state index in [0.717, 1.165) is 22.5 Å². The first-order valence-corrected chi connectivity index (χ1v) is 10.4. The van der Waals surface area contributed by atoms with Crippen LogP contribution in [0.5, 0.6) is 0 Å². The summed E-state index contributed by atoms with van der Waals surface area (Å²) in [6.07, 6.45) is 4.73. The van der Waals surface area contributed by atoms with E-state index in [4.69, 9.17) is 4.42 Å². The number of carbonyl (C=O) groups excluding carboxylic acids is 1. The van der Waals surface area contributed by atoms with Gasteiger partial charge in [-0.2, -0.15) is 5.10 Å². The monoisotopic (exact) mass is 447 g/mol. The van der Waals surface area contributed by atoms with Crippen molar-refractivity contribution in [2.24, 2.45) is 7.05 Å². The molecule has 4 rings (SSSR count). The molecule has 0 unspecified atom stereocenters. The van der Waals surface area contributed by atoms with Gasteiger partial charge in [0.1, 0.15) is 23.5 Å². The lowest BCUT2D eigenvalue weighted by Gasteiger charge is -2.21. The maximum absolute atomic E-state index is 12.6. The van der Waals surface area contributed by atoms with Crippen LogP contribution < -0.4 is 10.6 Å². The molecule has 33 heavy (non-hydrogen) atoms. The molecule has 1 aromatic carbocycles. The Morgan fingerprint density at radius 3 is 2.73 bits per heavy atom. The number of nitrogens with one attached hydrogen (secondary N) is 2. The molecule has 10 nitrogen and oxygen atoms in total. The summed E-state index contributed by atoms with van der Waals surface area (Å²) in [4.78, 5) is 25.8. The van der Waals surface area contributed by atoms with E-state index in [9.17, 15) is 9.90 Å². The molecule has 0 aliphatic heterocycles. The summed E-state index contributed by atoms with van der Waals surface area (Å²) in [6.45, 7) is 5.48. The molecule has 0 saturated carbocycles. The van der Waals surface area contributed by atoms with Crippen LogP contribution >= 0.6 is 0 Å². The molecule has 3 N–H and O–H groups in total. The predicted molar refractivity (Wildman–Crippen MR) is 122 cm³/mol. The second-order valence-corrected chi connectivity index (χ2v) is 8.13. The van der Waals surface area contributed by atoms with Crippen LogP contribution in [0.3, 0.4) is 0 Å². The van der Waals surface area contributed by atoms with Crippen LogP contribution in [0.1, 0.15) is 41.2 Å². The van der Waals surface area contributed by atoms with E-state index in [1.54, 1.807) is 44.0 Å². The van der Waals surface area contributed by atoms with Gasteiger partial charge in [0.25, 0.3) is 5.89 Å². The second kappa shape index (κ2) is 8.83. The van der Waals surface area contributed by atoms with Crippen molar-refractivity contribution in [3.8, 4) is 11.4 Å². The van der Waals surface area contributed by atoms with Gasteiger partial charge in [0.2, 0.25) is 5.95 Å². The van der Waals surface area contributed by atoms with Gasteiger partial charge in [-0.1, -0.05) is 24.3 Å². The first-order chi connectivity index (χ1) is 15.7. The Morgan fingerprint density at radius 2 is 2.00 bits per heavy atom. The molecule has 3 heterocycles. The lowest BCUT2D eigenvalue weighted by atomic mass is 9.93. The van der Waals surface area contributed by atoms with Gasteiger partial charge in [0.15, 0.2) is 0 Å². The van der Waals surface area contributed by atoms with E-state index in [1.165, 1.54) is 6.26 Å². The zero-order chi connectivity index (χ0) is 23.6. The maximum atomic E-state index is 12.6. The average molecular weight is 447 g/mol. The fraction of sp³-hybridized carbons (Fsp3) is 0.261. The minimum absolute atomic E-state index is 0.0788. The molecule has 4 aromatic rings. The number of anilines is 2. The SMILES string of the molecule is Cc1cnc(Nc2ccnn2C)nc1-c1coc(C(=O)NCc2ccccc2C(C)(C)O)n1. The second-order valence-electron chi connectivity index (χ2n) is 8.13. The maximum Gasteiger partial charge on any atom is 0.307 e. The third-order valence-electron chi connectivity index (χ3n) is 5.09. The molecule has 170 valence electrons. The van der Waals surface area contributed by atoms with Crippen molar-refractivity contribution >= 4 is 17.7 Å². The Balaban J connectivity index is 1.50. The molecule has 0 bridgehead atoms. The zero-order valence-corrected chi connectivity index (χ0v) is 18.8. The normalized spacial score (nSPS) is 11.4. The van der Waals surface area contributed by atoms with Crippen molar-refractivity contribution in [1.29, 1.82) is 0 Å². The largest absolute Gasteiger partial charge is 0.440 e. The minimum Gasteiger partial charge on any atom is -0.440 e. The highest BCUT2D eigenvalue weighted by Crippen LogP contribution is 2.24. The van der Waals surface area contributed by atoms with Crippen LogP contribution in [-0.4, -0.2) is 35.7 Å². The molecular weight excluding hydrogens is 422 g/mol. The number of carbonyl (C=O) groups is 1. The Morgan fingerprint density at radius 1 is 1.21 bits per heavy atom. The highest BCUT2D eigenvalue weighted by atomic mass is 16.4. The van der Waals surface area contributed by atoms with Gasteiger partial charge in [-0.25, -0.2) is 15.0 Å². The summed E-state index contributed by atoms with van der Waals surface area (Å²) in [5.41, 5.74) is 2.27. The van der Waals surface area contributed by atoms with Crippen LogP contribution in [-0.2, 0) is 19.2 Å². The Bertz CT molecular complexity index is 1290. The van der Waals surface area contributed by atoms with Gasteiger partial charge >= 0.3 is 5.91 Å². The van der Waals surface area contributed by atoms with Gasteiger partial charge in [-0.15, -0.1) is 0 Å². The van der Waals surface area contributed by atoms with Gasteiger partial charge < -0.3 is 20.2 Å². The van der Waals surface area contributed by atoms with Crippen molar-refractivity contribution in [2.75, 3.05) is 5.32 Å². The van der Waals surface area contributed by atoms with Crippen molar-refractivity contribution in [1.82, 2.24) is 30.0 Å². The number of amides is 1. The molecule has 0 aliphatic rings. The first kappa shape index (κ1) is 22.2. The summed E-state index contributed by atoms with van der Waals surface area (Å²) >= 11 is 0. The number of aryl methyl sites for hydroxylation is 2. The highest BCUT2D eigenvalue weighted by Gasteiger charge is 2.21. The quantitative estimate of drug-likeness (QED) is 0.394. The summed E-state index contributed by atoms with van der Waals surface area (Å²) in [5, 5.41) is 20.4. The lowest BCUT2D eigenvalue weighted by Crippen LogP contribution is -2.26. The third kappa shape index (κ3) is 4.90. The summed E-state index contributed by atoms with van der Waals surface area (Å²) in [6, 6.07) is 9.20. The number of rotatable bonds is 7. The highest BCUT2D eigenvalue weighted by molar-refractivity contribution is 5.90. The summed E-state index contributed by atoms with van der Waals surface area (Å²) in [7, 11) is 1.81. The predicted octanol–water partition coefficient (Wildman–Crippen LogP) is 3.07. The number of benzene rings is 1. The smallest absolute Gasteiger partial charge is 0.307 e. The van der Waals surface area contributed by atoms with Crippen LogP contribution in [0, 0.1) is 6.92 Å². The standard InChI is InChI=1S/C23H25N7O3/c1-14-11-25-22(28-18-9-10-26-30(18)4)29-19(14)17-13-33-21(27-17)20(31)24-12-15-7-5-6-8-16(15)23(2,3)32/h5-11,13,32H,12H2,1-4H3,(H,24,31)(H,25,28,29). The fourth-order valence-electron chi connectivity index (χ4n) is 3.38. The number of oxazole rings is 1. The lowest BCUT2D eigenvalue weighted by molar-refractivity contribution is 0.0769. The zero-order valence-electron chi connectivity index (χ0n) is 18.8. The third-order valence-corrected chi connectivity index (χ3v) is 5.09. The van der Waals surface area contributed by atoms with E-state index >= 15 is 0 Å². The molecule has 0 aliphatic carbocycles. The number of hydrogen-bond acceptors (Lipinski definition) is 8. The molecule has 1 amide bonds. The number of aromatic nitrogens is 5. The van der Waals surface area contributed by atoms with Crippen LogP contribution in [0.15, 0.2) is 53.4 Å². The van der Waals surface area contributed by atoms with Crippen molar-refractivity contribution in [3.05, 3.63) is 71.6 Å². The Kier molecular flexibility index (Phi) is 5.93. The van der Waals surface area contributed by atoms with Crippen molar-refractivity contribution < 1.29 is 14.3 Å². The van der Waals surface area contributed by atoms with E-state index < -0.39 is 11.5 Å². The number of hydrogen-bond donors (Lipinski definition) is 3. The fourth-order valence-corrected chi connectivity index (χ4v) is 3.38. The van der Waals surface area contributed by atoms with Gasteiger partial charge in [0, 0.05) is 25.9 Å². The van der Waals surface area contributed by atoms with Gasteiger partial charge in [-0.3, -0.25) is 9.48 Å². The van der Waals surface area contributed by atoms with Crippen LogP contribution in [0.4, 0.5) is 11.8 Å². The topological polar surface area (TPSA) is 131 Å². The van der Waals surface area contributed by atoms with Gasteiger partial charge in [-0.05, 0) is 37.5 Å². The molecule has 0 radical (unpaired) electrons. The van der Waals surface area contributed by atoms with Crippen molar-refractivity contribution in [2.45, 2.75) is 32.9 Å². The average Bonchev–Trinajstić information content (AvgIpc) is 3.42. The van der Waals surface area contributed by atoms with Crippen LogP contribution in [0.25, 0.3) is 11.4 Å². The minimum atomic E-state index is -1.02. The van der Waals surface area contributed by atoms with Crippen molar-refractivity contribution in [3.63, 3.8) is 0 Å². The summed E-state index contributed by atoms with van der Waals surface area (Å²) < 4.78 is 7.08.